The average Bonchev–Trinajstić information content (AvgIpc) is 3.29. The molecule has 1 aromatic heterocycles. The van der Waals surface area contributed by atoms with E-state index in [1.54, 1.807) is 0 Å². The van der Waals surface area contributed by atoms with Crippen LogP contribution in [-0.4, -0.2) is 38.7 Å². The van der Waals surface area contributed by atoms with Crippen LogP contribution in [0.3, 0.4) is 0 Å². The largest absolute Gasteiger partial charge is 0.466 e. The molecular weight excluding hydrogens is 403 g/mol. The van der Waals surface area contributed by atoms with Crippen LogP contribution in [0.2, 0.25) is 0 Å². The Morgan fingerprint density at radius 3 is 2.40 bits per heavy atom. The number of nitriles is 1. The Balaban J connectivity index is 0.000000461. The first-order valence-corrected chi connectivity index (χ1v) is 11.3. The summed E-state index contributed by atoms with van der Waals surface area (Å²) in [7, 11) is -4.64. The molecule has 0 spiro atoms. The summed E-state index contributed by atoms with van der Waals surface area (Å²) in [6.07, 6.45) is 3.59. The van der Waals surface area contributed by atoms with E-state index in [1.807, 2.05) is 30.3 Å². The lowest BCUT2D eigenvalue weighted by Gasteiger charge is -2.19. The van der Waals surface area contributed by atoms with Crippen molar-refractivity contribution in [2.45, 2.75) is 32.2 Å². The number of furan rings is 1. The molecule has 8 heteroatoms. The van der Waals surface area contributed by atoms with Crippen molar-refractivity contribution in [3.63, 3.8) is 0 Å². The summed E-state index contributed by atoms with van der Waals surface area (Å²) in [5.41, 5.74) is 3.90. The summed E-state index contributed by atoms with van der Waals surface area (Å²) < 4.78 is 14.9. The maximum atomic E-state index is 8.92. The molecule has 2 aromatic carbocycles. The van der Waals surface area contributed by atoms with Gasteiger partial charge in [0.05, 0.1) is 11.6 Å². The zero-order chi connectivity index (χ0) is 21.7. The Kier molecular flexibility index (Phi) is 7.09. The van der Waals surface area contributed by atoms with E-state index in [0.29, 0.717) is 11.6 Å². The molecular formula is C22H25N2O5P. The SMILES string of the molecule is C[C@@H]1CCCN1CCc1cc2cc(-c3ccc(C#N)cc3)ccc2o1.O=P(O)(O)O. The van der Waals surface area contributed by atoms with Gasteiger partial charge in [0.15, 0.2) is 0 Å². The number of nitrogens with zero attached hydrogens (tertiary/aromatic N) is 2. The highest BCUT2D eigenvalue weighted by Gasteiger charge is 2.20. The molecule has 158 valence electrons. The molecule has 3 aromatic rings. The second-order valence-electron chi connectivity index (χ2n) is 7.44. The third-order valence-electron chi connectivity index (χ3n) is 5.25. The number of rotatable bonds is 4. The number of benzene rings is 2. The molecule has 1 aliphatic heterocycles. The Labute approximate surface area is 175 Å². The lowest BCUT2D eigenvalue weighted by atomic mass is 10.0. The van der Waals surface area contributed by atoms with Crippen LogP contribution < -0.4 is 0 Å². The molecule has 30 heavy (non-hydrogen) atoms. The van der Waals surface area contributed by atoms with E-state index < -0.39 is 7.82 Å². The van der Waals surface area contributed by atoms with Gasteiger partial charge in [-0.15, -0.1) is 0 Å². The topological polar surface area (TPSA) is 118 Å². The van der Waals surface area contributed by atoms with Gasteiger partial charge in [-0.2, -0.15) is 5.26 Å². The first-order valence-electron chi connectivity index (χ1n) is 9.78. The van der Waals surface area contributed by atoms with Gasteiger partial charge in [-0.05, 0) is 67.8 Å². The number of likely N-dealkylation sites (tertiary alicyclic amines) is 1. The van der Waals surface area contributed by atoms with Gasteiger partial charge < -0.3 is 24.0 Å². The summed E-state index contributed by atoms with van der Waals surface area (Å²) >= 11 is 0. The summed E-state index contributed by atoms with van der Waals surface area (Å²) in [4.78, 5) is 24.1. The van der Waals surface area contributed by atoms with Crippen LogP contribution in [0.25, 0.3) is 22.1 Å². The third-order valence-corrected chi connectivity index (χ3v) is 5.25. The molecule has 1 atom stereocenters. The fourth-order valence-electron chi connectivity index (χ4n) is 3.72. The number of hydrogen-bond acceptors (Lipinski definition) is 4. The third kappa shape index (κ3) is 6.27. The predicted molar refractivity (Wildman–Crippen MR) is 115 cm³/mol. The molecule has 1 aliphatic rings. The molecule has 0 unspecified atom stereocenters. The van der Waals surface area contributed by atoms with E-state index in [2.05, 4.69) is 36.1 Å². The van der Waals surface area contributed by atoms with Crippen LogP contribution in [0.4, 0.5) is 0 Å². The number of phosphoric acid groups is 1. The summed E-state index contributed by atoms with van der Waals surface area (Å²) in [5, 5.41) is 10.1. The van der Waals surface area contributed by atoms with E-state index in [1.165, 1.54) is 19.4 Å². The minimum absolute atomic E-state index is 0.687. The van der Waals surface area contributed by atoms with Crippen molar-refractivity contribution in [3.8, 4) is 17.2 Å². The maximum Gasteiger partial charge on any atom is 0.466 e. The van der Waals surface area contributed by atoms with Gasteiger partial charge >= 0.3 is 7.82 Å². The highest BCUT2D eigenvalue weighted by Crippen LogP contribution is 2.28. The normalized spacial score (nSPS) is 16.8. The summed E-state index contributed by atoms with van der Waals surface area (Å²) in [6, 6.07) is 19.0. The second-order valence-corrected chi connectivity index (χ2v) is 8.47. The standard InChI is InChI=1S/C22H22N2O.H3O4P/c1-16-3-2-11-24(16)12-10-21-14-20-13-19(8-9-22(20)25-21)18-6-4-17(15-23)5-7-18;1-5(2,3)4/h4-9,13-14,16H,2-3,10-12H2,1H3;(H3,1,2,3,4)/t16-;/m1./s1. The molecule has 0 aliphatic carbocycles. The molecule has 3 N–H and O–H groups in total. The van der Waals surface area contributed by atoms with Crippen LogP contribution >= 0.6 is 7.82 Å². The fraction of sp³-hybridized carbons (Fsp3) is 0.318. The zero-order valence-corrected chi connectivity index (χ0v) is 17.6. The van der Waals surface area contributed by atoms with Gasteiger partial charge in [-0.25, -0.2) is 4.57 Å². The molecule has 0 radical (unpaired) electrons. The van der Waals surface area contributed by atoms with Gasteiger partial charge in [-0.3, -0.25) is 0 Å². The summed E-state index contributed by atoms with van der Waals surface area (Å²) in [6.45, 7) is 4.60. The number of fused-ring (bicyclic) bond motifs is 1. The van der Waals surface area contributed by atoms with Crippen molar-refractivity contribution in [2.75, 3.05) is 13.1 Å². The quantitative estimate of drug-likeness (QED) is 0.536. The van der Waals surface area contributed by atoms with E-state index in [4.69, 9.17) is 28.9 Å². The van der Waals surface area contributed by atoms with Crippen molar-refractivity contribution in [1.29, 1.82) is 5.26 Å². The highest BCUT2D eigenvalue weighted by atomic mass is 31.2. The van der Waals surface area contributed by atoms with E-state index in [-0.39, 0.29) is 0 Å². The van der Waals surface area contributed by atoms with Gasteiger partial charge in [0.1, 0.15) is 11.3 Å². The van der Waals surface area contributed by atoms with E-state index in [0.717, 1.165) is 40.8 Å². The van der Waals surface area contributed by atoms with Crippen LogP contribution in [0.15, 0.2) is 52.9 Å². The second kappa shape index (κ2) is 9.57. The van der Waals surface area contributed by atoms with Gasteiger partial charge in [0.25, 0.3) is 0 Å². The van der Waals surface area contributed by atoms with Crippen molar-refractivity contribution in [3.05, 3.63) is 59.9 Å². The highest BCUT2D eigenvalue weighted by molar-refractivity contribution is 7.45. The minimum atomic E-state index is -4.64. The zero-order valence-electron chi connectivity index (χ0n) is 16.7. The fourth-order valence-corrected chi connectivity index (χ4v) is 3.72. The molecule has 4 rings (SSSR count). The average molecular weight is 428 g/mol. The lowest BCUT2D eigenvalue weighted by molar-refractivity contribution is 0.266. The van der Waals surface area contributed by atoms with Crippen LogP contribution in [0.1, 0.15) is 31.1 Å². The van der Waals surface area contributed by atoms with Gasteiger partial charge in [0, 0.05) is 24.4 Å². The van der Waals surface area contributed by atoms with Crippen LogP contribution in [0, 0.1) is 11.3 Å². The van der Waals surface area contributed by atoms with Crippen LogP contribution in [0.5, 0.6) is 0 Å². The Hall–Kier alpha value is -2.46. The molecule has 1 saturated heterocycles. The Bertz CT molecular complexity index is 1070. The summed E-state index contributed by atoms with van der Waals surface area (Å²) in [5.74, 6) is 1.06. The molecule has 2 heterocycles. The molecule has 0 amide bonds. The minimum Gasteiger partial charge on any atom is -0.461 e. The smallest absolute Gasteiger partial charge is 0.461 e. The monoisotopic (exact) mass is 428 g/mol. The van der Waals surface area contributed by atoms with Crippen molar-refractivity contribution < 1.29 is 23.7 Å². The van der Waals surface area contributed by atoms with Crippen LogP contribution in [-0.2, 0) is 11.0 Å². The van der Waals surface area contributed by atoms with Gasteiger partial charge in [-0.1, -0.05) is 18.2 Å². The first kappa shape index (κ1) is 22.2. The van der Waals surface area contributed by atoms with E-state index in [9.17, 15) is 0 Å². The van der Waals surface area contributed by atoms with Crippen molar-refractivity contribution in [2.24, 2.45) is 0 Å². The molecule has 1 fully saturated rings. The first-order chi connectivity index (χ1) is 14.2. The predicted octanol–water partition coefficient (Wildman–Crippen LogP) is 4.07. The molecule has 0 bridgehead atoms. The van der Waals surface area contributed by atoms with Gasteiger partial charge in [0.2, 0.25) is 0 Å². The Morgan fingerprint density at radius 2 is 1.80 bits per heavy atom. The molecule has 7 nitrogen and oxygen atoms in total. The maximum absolute atomic E-state index is 8.92. The lowest BCUT2D eigenvalue weighted by Crippen LogP contribution is -2.28. The van der Waals surface area contributed by atoms with Crippen molar-refractivity contribution >= 4 is 18.8 Å². The van der Waals surface area contributed by atoms with Crippen molar-refractivity contribution in [1.82, 2.24) is 4.90 Å². The molecule has 0 saturated carbocycles. The Morgan fingerprint density at radius 1 is 1.13 bits per heavy atom. The number of hydrogen-bond donors (Lipinski definition) is 3. The van der Waals surface area contributed by atoms with E-state index >= 15 is 0 Å².